The quantitative estimate of drug-likeness (QED) is 0.694. The van der Waals surface area contributed by atoms with Gasteiger partial charge in [0.2, 0.25) is 0 Å². The van der Waals surface area contributed by atoms with Crippen LogP contribution in [0.4, 0.5) is 13.2 Å². The number of hydrogen-bond acceptors (Lipinski definition) is 4. The van der Waals surface area contributed by atoms with E-state index in [1.165, 1.54) is 0 Å². The number of carbonyl (C=O) groups excluding carboxylic acids is 1. The van der Waals surface area contributed by atoms with Crippen LogP contribution >= 0.6 is 0 Å². The van der Waals surface area contributed by atoms with Gasteiger partial charge in [-0.15, -0.1) is 6.58 Å². The Bertz CT molecular complexity index is 826. The molecule has 2 aromatic heterocycles. The molecule has 0 spiro atoms. The summed E-state index contributed by atoms with van der Waals surface area (Å²) in [7, 11) is 0. The molecule has 0 aromatic carbocycles. The number of ether oxygens (including phenoxy) is 1. The maximum absolute atomic E-state index is 12.7. The molecule has 1 aliphatic rings. The lowest BCUT2D eigenvalue weighted by Gasteiger charge is -2.28. The third-order valence-electron chi connectivity index (χ3n) is 4.41. The van der Waals surface area contributed by atoms with Crippen LogP contribution in [0.5, 0.6) is 0 Å². The Morgan fingerprint density at radius 1 is 1.37 bits per heavy atom. The second-order valence-electron chi connectivity index (χ2n) is 6.47. The number of amides is 1. The molecule has 2 N–H and O–H groups in total. The van der Waals surface area contributed by atoms with Crippen LogP contribution in [-0.2, 0) is 16.0 Å². The second kappa shape index (κ2) is 10.6. The lowest BCUT2D eigenvalue weighted by Crippen LogP contribution is -2.42. The zero-order valence-electron chi connectivity index (χ0n) is 16.0. The zero-order chi connectivity index (χ0) is 22.1. The maximum Gasteiger partial charge on any atom is 0.490 e. The molecular weight excluding hydrogens is 403 g/mol. The minimum atomic E-state index is -5.08. The standard InChI is InChI=1S/C18H21N3O2.C2HF3O2/c1-2-11-23-17-7-10-21(18(22)15-6-4-9-20-15)16(17)12-14-5-3-8-19-13-14;3-2(4,5)1(6)7/h2-6,8-9,13,16-17,20H,1,7,10-12H2;(H,6,7)/t16-,17-;/m1./s1. The first-order valence-corrected chi connectivity index (χ1v) is 9.10. The molecule has 0 bridgehead atoms. The van der Waals surface area contributed by atoms with Gasteiger partial charge in [-0.2, -0.15) is 13.2 Å². The lowest BCUT2D eigenvalue weighted by molar-refractivity contribution is -0.192. The lowest BCUT2D eigenvalue weighted by atomic mass is 10.0. The van der Waals surface area contributed by atoms with Crippen LogP contribution in [0.1, 0.15) is 22.5 Å². The summed E-state index contributed by atoms with van der Waals surface area (Å²) in [5.41, 5.74) is 1.72. The van der Waals surface area contributed by atoms with E-state index in [-0.39, 0.29) is 18.1 Å². The number of alkyl halides is 3. The number of carboxylic acid groups (broad SMARTS) is 1. The molecule has 0 radical (unpaired) electrons. The maximum atomic E-state index is 12.7. The van der Waals surface area contributed by atoms with Gasteiger partial charge in [0.15, 0.2) is 0 Å². The van der Waals surface area contributed by atoms with Crippen LogP contribution in [0.3, 0.4) is 0 Å². The Morgan fingerprint density at radius 3 is 2.63 bits per heavy atom. The number of aromatic nitrogens is 2. The first kappa shape index (κ1) is 23.1. The van der Waals surface area contributed by atoms with Crippen molar-refractivity contribution in [2.24, 2.45) is 0 Å². The molecule has 3 rings (SSSR count). The highest BCUT2D eigenvalue weighted by Crippen LogP contribution is 2.26. The zero-order valence-corrected chi connectivity index (χ0v) is 16.0. The minimum absolute atomic E-state index is 0.00921. The molecule has 2 aromatic rings. The predicted octanol–water partition coefficient (Wildman–Crippen LogP) is 3.07. The van der Waals surface area contributed by atoms with Crippen molar-refractivity contribution in [1.29, 1.82) is 0 Å². The number of halogens is 3. The monoisotopic (exact) mass is 425 g/mol. The van der Waals surface area contributed by atoms with E-state index in [1.54, 1.807) is 24.5 Å². The highest BCUT2D eigenvalue weighted by molar-refractivity contribution is 5.92. The summed E-state index contributed by atoms with van der Waals surface area (Å²) in [6.45, 7) is 4.90. The van der Waals surface area contributed by atoms with E-state index in [9.17, 15) is 18.0 Å². The normalized spacial score (nSPS) is 18.4. The van der Waals surface area contributed by atoms with E-state index in [2.05, 4.69) is 16.5 Å². The second-order valence-corrected chi connectivity index (χ2v) is 6.47. The molecule has 30 heavy (non-hydrogen) atoms. The van der Waals surface area contributed by atoms with Crippen LogP contribution < -0.4 is 0 Å². The molecular formula is C20H22F3N3O4. The van der Waals surface area contributed by atoms with Crippen LogP contribution in [0, 0.1) is 0 Å². The van der Waals surface area contributed by atoms with Crippen molar-refractivity contribution in [2.45, 2.75) is 31.2 Å². The smallest absolute Gasteiger partial charge is 0.475 e. The minimum Gasteiger partial charge on any atom is -0.475 e. The van der Waals surface area contributed by atoms with Gasteiger partial charge < -0.3 is 19.7 Å². The van der Waals surface area contributed by atoms with Gasteiger partial charge in [-0.05, 0) is 36.6 Å². The Balaban J connectivity index is 0.000000396. The SMILES string of the molecule is C=CCO[C@@H]1CCN(C(=O)c2ccc[nH]2)[C@@H]1Cc1cccnc1.O=C(O)C(F)(F)F. The third kappa shape index (κ3) is 6.45. The number of aromatic amines is 1. The van der Waals surface area contributed by atoms with E-state index in [0.29, 0.717) is 18.8 Å². The molecule has 3 heterocycles. The van der Waals surface area contributed by atoms with Crippen molar-refractivity contribution >= 4 is 11.9 Å². The number of H-pyrrole nitrogens is 1. The number of likely N-dealkylation sites (tertiary alicyclic amines) is 1. The Labute approximate surface area is 171 Å². The Hall–Kier alpha value is -3.14. The fourth-order valence-corrected chi connectivity index (χ4v) is 3.08. The molecule has 0 unspecified atom stereocenters. The van der Waals surface area contributed by atoms with E-state index in [4.69, 9.17) is 14.6 Å². The number of pyridine rings is 1. The Kier molecular flexibility index (Phi) is 8.16. The number of rotatable bonds is 6. The number of nitrogens with zero attached hydrogens (tertiary/aromatic N) is 2. The van der Waals surface area contributed by atoms with Gasteiger partial charge >= 0.3 is 12.1 Å². The number of hydrogen-bond donors (Lipinski definition) is 2. The van der Waals surface area contributed by atoms with Gasteiger partial charge in [0, 0.05) is 25.1 Å². The number of nitrogens with one attached hydrogen (secondary N) is 1. The molecule has 1 saturated heterocycles. The summed E-state index contributed by atoms with van der Waals surface area (Å²) in [6.07, 6.45) is 3.63. The van der Waals surface area contributed by atoms with Gasteiger partial charge in [-0.1, -0.05) is 12.1 Å². The predicted molar refractivity (Wildman–Crippen MR) is 102 cm³/mol. The summed E-state index contributed by atoms with van der Waals surface area (Å²) in [4.78, 5) is 30.7. The highest BCUT2D eigenvalue weighted by atomic mass is 19.4. The molecule has 0 saturated carbocycles. The van der Waals surface area contributed by atoms with Crippen LogP contribution in [0.2, 0.25) is 0 Å². The van der Waals surface area contributed by atoms with Gasteiger partial charge in [0.1, 0.15) is 5.69 Å². The van der Waals surface area contributed by atoms with Crippen molar-refractivity contribution < 1.29 is 32.6 Å². The molecule has 1 amide bonds. The first-order chi connectivity index (χ1) is 14.2. The van der Waals surface area contributed by atoms with Crippen LogP contribution in [0.25, 0.3) is 0 Å². The van der Waals surface area contributed by atoms with E-state index in [1.807, 2.05) is 29.3 Å². The summed E-state index contributed by atoms with van der Waals surface area (Å²) in [6, 6.07) is 7.61. The number of carboxylic acids is 1. The van der Waals surface area contributed by atoms with Crippen LogP contribution in [0.15, 0.2) is 55.5 Å². The van der Waals surface area contributed by atoms with Gasteiger partial charge in [-0.3, -0.25) is 9.78 Å². The molecule has 1 fully saturated rings. The fourth-order valence-electron chi connectivity index (χ4n) is 3.08. The topological polar surface area (TPSA) is 95.5 Å². The third-order valence-corrected chi connectivity index (χ3v) is 4.41. The largest absolute Gasteiger partial charge is 0.490 e. The molecule has 7 nitrogen and oxygen atoms in total. The first-order valence-electron chi connectivity index (χ1n) is 9.10. The van der Waals surface area contributed by atoms with Crippen molar-refractivity contribution in [3.63, 3.8) is 0 Å². The number of carbonyl (C=O) groups is 2. The summed E-state index contributed by atoms with van der Waals surface area (Å²) in [5.74, 6) is -2.74. The average molecular weight is 425 g/mol. The van der Waals surface area contributed by atoms with E-state index < -0.39 is 12.1 Å². The highest BCUT2D eigenvalue weighted by Gasteiger charge is 2.39. The van der Waals surface area contributed by atoms with Gasteiger partial charge in [0.25, 0.3) is 5.91 Å². The Morgan fingerprint density at radius 2 is 2.10 bits per heavy atom. The van der Waals surface area contributed by atoms with Crippen molar-refractivity contribution in [2.75, 3.05) is 13.2 Å². The van der Waals surface area contributed by atoms with Gasteiger partial charge in [-0.25, -0.2) is 4.79 Å². The fraction of sp³-hybridized carbons (Fsp3) is 0.350. The molecule has 162 valence electrons. The van der Waals surface area contributed by atoms with Gasteiger partial charge in [0.05, 0.1) is 18.8 Å². The van der Waals surface area contributed by atoms with Crippen LogP contribution in [-0.4, -0.2) is 63.3 Å². The van der Waals surface area contributed by atoms with Crippen molar-refractivity contribution in [3.05, 3.63) is 66.8 Å². The average Bonchev–Trinajstić information content (AvgIpc) is 3.37. The van der Waals surface area contributed by atoms with Crippen molar-refractivity contribution in [3.8, 4) is 0 Å². The molecule has 0 aliphatic carbocycles. The summed E-state index contributed by atoms with van der Waals surface area (Å²) < 4.78 is 37.6. The van der Waals surface area contributed by atoms with E-state index >= 15 is 0 Å². The number of aliphatic carboxylic acids is 1. The van der Waals surface area contributed by atoms with Crippen molar-refractivity contribution in [1.82, 2.24) is 14.9 Å². The molecule has 2 atom stereocenters. The molecule has 1 aliphatic heterocycles. The molecule has 10 heteroatoms. The summed E-state index contributed by atoms with van der Waals surface area (Å²) >= 11 is 0. The van der Waals surface area contributed by atoms with E-state index in [0.717, 1.165) is 18.4 Å². The summed E-state index contributed by atoms with van der Waals surface area (Å²) in [5, 5.41) is 7.12.